The topological polar surface area (TPSA) is 90.1 Å². The van der Waals surface area contributed by atoms with Gasteiger partial charge in [0, 0.05) is 7.05 Å². The zero-order valence-corrected chi connectivity index (χ0v) is 4.96. The monoisotopic (exact) mass is 122 g/mol. The molecule has 7 heavy (non-hydrogen) atoms. The number of hydrazine groups is 1. The van der Waals surface area contributed by atoms with Gasteiger partial charge < -0.3 is 11.1 Å². The Balaban J connectivity index is 0. The van der Waals surface area contributed by atoms with Crippen LogP contribution in [0.25, 0.3) is 0 Å². The van der Waals surface area contributed by atoms with Crippen molar-refractivity contribution in [2.24, 2.45) is 17.4 Å². The quantitative estimate of drug-likeness (QED) is 0.174. The summed E-state index contributed by atoms with van der Waals surface area (Å²) in [6.07, 6.45) is 0. The summed E-state index contributed by atoms with van der Waals surface area (Å²) >= 11 is 4.36. The SMILES string of the molecule is CNC(N)=S.NN. The van der Waals surface area contributed by atoms with Crippen molar-refractivity contribution in [3.05, 3.63) is 0 Å². The smallest absolute Gasteiger partial charge is 0.163 e. The second kappa shape index (κ2) is 9.15. The summed E-state index contributed by atoms with van der Waals surface area (Å²) in [6, 6.07) is 0. The molecule has 0 spiro atoms. The normalized spacial score (nSPS) is 5.57. The molecular formula is C2H10N4S. The standard InChI is InChI=1S/C2H6N2S.H4N2/c1-4-2(3)5;1-2/h1H3,(H3,3,4,5);1-2H2. The Labute approximate surface area is 48.0 Å². The average Bonchev–Trinajstić information content (AvgIpc) is 1.73. The van der Waals surface area contributed by atoms with Crippen molar-refractivity contribution in [3.8, 4) is 0 Å². The van der Waals surface area contributed by atoms with Crippen LogP contribution >= 0.6 is 12.2 Å². The molecule has 0 aliphatic heterocycles. The maximum Gasteiger partial charge on any atom is 0.163 e. The average molecular weight is 122 g/mol. The lowest BCUT2D eigenvalue weighted by Crippen LogP contribution is -2.24. The molecule has 0 saturated heterocycles. The summed E-state index contributed by atoms with van der Waals surface area (Å²) in [6.45, 7) is 0. The maximum absolute atomic E-state index is 4.91. The van der Waals surface area contributed by atoms with E-state index in [1.165, 1.54) is 0 Å². The van der Waals surface area contributed by atoms with Crippen LogP contribution in [0.4, 0.5) is 0 Å². The van der Waals surface area contributed by atoms with Crippen molar-refractivity contribution >= 4 is 17.3 Å². The van der Waals surface area contributed by atoms with Gasteiger partial charge in [-0.15, -0.1) is 0 Å². The van der Waals surface area contributed by atoms with E-state index in [1.54, 1.807) is 7.05 Å². The van der Waals surface area contributed by atoms with Crippen molar-refractivity contribution in [2.75, 3.05) is 7.05 Å². The Kier molecular flexibility index (Phi) is 12.8. The summed E-state index contributed by atoms with van der Waals surface area (Å²) in [5, 5.41) is 2.88. The van der Waals surface area contributed by atoms with Gasteiger partial charge in [0.1, 0.15) is 0 Å². The number of nitrogens with two attached hydrogens (primary N) is 3. The van der Waals surface area contributed by atoms with E-state index in [9.17, 15) is 0 Å². The van der Waals surface area contributed by atoms with Crippen molar-refractivity contribution in [1.82, 2.24) is 5.32 Å². The van der Waals surface area contributed by atoms with Crippen molar-refractivity contribution in [3.63, 3.8) is 0 Å². The number of thiocarbonyl (C=S) groups is 1. The predicted octanol–water partition coefficient (Wildman–Crippen LogP) is -1.73. The van der Waals surface area contributed by atoms with Gasteiger partial charge in [0.2, 0.25) is 0 Å². The fraction of sp³-hybridized carbons (Fsp3) is 0.500. The van der Waals surface area contributed by atoms with Gasteiger partial charge in [-0.1, -0.05) is 0 Å². The molecule has 44 valence electrons. The van der Waals surface area contributed by atoms with Gasteiger partial charge in [-0.3, -0.25) is 11.7 Å². The molecule has 5 heteroatoms. The molecule has 0 heterocycles. The van der Waals surface area contributed by atoms with E-state index in [4.69, 9.17) is 5.73 Å². The van der Waals surface area contributed by atoms with Crippen molar-refractivity contribution in [1.29, 1.82) is 0 Å². The Morgan fingerprint density at radius 1 is 1.57 bits per heavy atom. The molecule has 4 nitrogen and oxygen atoms in total. The van der Waals surface area contributed by atoms with Crippen LogP contribution in [0, 0.1) is 0 Å². The van der Waals surface area contributed by atoms with Crippen molar-refractivity contribution < 1.29 is 0 Å². The Morgan fingerprint density at radius 2 is 1.71 bits per heavy atom. The van der Waals surface area contributed by atoms with Gasteiger partial charge in [-0.2, -0.15) is 0 Å². The lowest BCUT2D eigenvalue weighted by Gasteiger charge is -1.85. The molecule has 0 aromatic rings. The lowest BCUT2D eigenvalue weighted by atomic mass is 11.1. The summed E-state index contributed by atoms with van der Waals surface area (Å²) in [7, 11) is 1.68. The third-order valence-corrected chi connectivity index (χ3v) is 0.451. The number of hydrogen-bond acceptors (Lipinski definition) is 3. The Hall–Kier alpha value is -0.390. The van der Waals surface area contributed by atoms with E-state index in [-0.39, 0.29) is 0 Å². The fourth-order valence-corrected chi connectivity index (χ4v) is 0. The van der Waals surface area contributed by atoms with Gasteiger partial charge >= 0.3 is 0 Å². The Morgan fingerprint density at radius 3 is 1.71 bits per heavy atom. The van der Waals surface area contributed by atoms with Crippen LogP contribution in [0.15, 0.2) is 0 Å². The lowest BCUT2D eigenvalue weighted by molar-refractivity contribution is 1.18. The fourth-order valence-electron chi connectivity index (χ4n) is 0. The number of rotatable bonds is 0. The minimum Gasteiger partial charge on any atom is -0.376 e. The third-order valence-electron chi connectivity index (χ3n) is 0.246. The van der Waals surface area contributed by atoms with Gasteiger partial charge in [-0.25, -0.2) is 0 Å². The molecule has 0 aliphatic rings. The minimum atomic E-state index is 0.338. The van der Waals surface area contributed by atoms with E-state index in [0.717, 1.165) is 0 Å². The van der Waals surface area contributed by atoms with Crippen molar-refractivity contribution in [2.45, 2.75) is 0 Å². The molecule has 0 rings (SSSR count). The first-order valence-electron chi connectivity index (χ1n) is 1.58. The summed E-state index contributed by atoms with van der Waals surface area (Å²) in [4.78, 5) is 0. The van der Waals surface area contributed by atoms with Gasteiger partial charge in [-0.05, 0) is 12.2 Å². The maximum atomic E-state index is 4.91. The molecule has 0 aromatic carbocycles. The highest BCUT2D eigenvalue weighted by Gasteiger charge is 1.66. The second-order valence-corrected chi connectivity index (χ2v) is 1.05. The first kappa shape index (κ1) is 9.79. The molecule has 0 amide bonds. The highest BCUT2D eigenvalue weighted by Crippen LogP contribution is 1.43. The zero-order chi connectivity index (χ0) is 6.28. The van der Waals surface area contributed by atoms with E-state index in [0.29, 0.717) is 5.11 Å². The summed E-state index contributed by atoms with van der Waals surface area (Å²) < 4.78 is 0. The third kappa shape index (κ3) is 28.2. The summed E-state index contributed by atoms with van der Waals surface area (Å²) in [5.41, 5.74) is 4.91. The highest BCUT2D eigenvalue weighted by molar-refractivity contribution is 7.80. The first-order chi connectivity index (χ1) is 3.27. The largest absolute Gasteiger partial charge is 0.376 e. The molecule has 0 unspecified atom stereocenters. The second-order valence-electron chi connectivity index (χ2n) is 0.614. The molecular weight excluding hydrogens is 112 g/mol. The van der Waals surface area contributed by atoms with Gasteiger partial charge in [0.15, 0.2) is 5.11 Å². The number of hydrogen-bond donors (Lipinski definition) is 4. The van der Waals surface area contributed by atoms with Crippen LogP contribution < -0.4 is 22.7 Å². The van der Waals surface area contributed by atoms with Crippen LogP contribution in [0.5, 0.6) is 0 Å². The Bertz CT molecular complexity index is 45.0. The molecule has 0 fully saturated rings. The molecule has 7 N–H and O–H groups in total. The van der Waals surface area contributed by atoms with Crippen LogP contribution in [-0.4, -0.2) is 12.2 Å². The number of nitrogens with one attached hydrogen (secondary N) is 1. The minimum absolute atomic E-state index is 0.338. The van der Waals surface area contributed by atoms with E-state index in [1.807, 2.05) is 0 Å². The van der Waals surface area contributed by atoms with Gasteiger partial charge in [0.05, 0.1) is 0 Å². The zero-order valence-electron chi connectivity index (χ0n) is 4.14. The van der Waals surface area contributed by atoms with Crippen LogP contribution in [-0.2, 0) is 0 Å². The first-order valence-corrected chi connectivity index (χ1v) is 1.98. The van der Waals surface area contributed by atoms with E-state index >= 15 is 0 Å². The molecule has 0 atom stereocenters. The van der Waals surface area contributed by atoms with E-state index in [2.05, 4.69) is 29.2 Å². The predicted molar refractivity (Wildman–Crippen MR) is 34.2 cm³/mol. The van der Waals surface area contributed by atoms with Gasteiger partial charge in [0.25, 0.3) is 0 Å². The molecule has 0 bridgehead atoms. The summed E-state index contributed by atoms with van der Waals surface area (Å²) in [5.74, 6) is 8.00. The van der Waals surface area contributed by atoms with Crippen LogP contribution in [0.2, 0.25) is 0 Å². The van der Waals surface area contributed by atoms with E-state index < -0.39 is 0 Å². The molecule has 0 radical (unpaired) electrons. The molecule has 0 saturated carbocycles. The van der Waals surface area contributed by atoms with Crippen LogP contribution in [0.3, 0.4) is 0 Å². The molecule has 0 aromatic heterocycles. The highest BCUT2D eigenvalue weighted by atomic mass is 32.1. The van der Waals surface area contributed by atoms with Crippen LogP contribution in [0.1, 0.15) is 0 Å². The molecule has 0 aliphatic carbocycles.